The molecule has 4 rings (SSSR count). The second-order valence-electron chi connectivity index (χ2n) is 6.43. The zero-order valence-electron chi connectivity index (χ0n) is 14.5. The van der Waals surface area contributed by atoms with Crippen molar-refractivity contribution in [2.45, 2.75) is 43.0 Å². The predicted molar refractivity (Wildman–Crippen MR) is 102 cm³/mol. The summed E-state index contributed by atoms with van der Waals surface area (Å²) in [6.07, 6.45) is 3.67. The minimum absolute atomic E-state index is 0. The molecule has 4 nitrogen and oxygen atoms in total. The molecule has 0 aliphatic carbocycles. The number of fused-ring (bicyclic) bond motifs is 1. The van der Waals surface area contributed by atoms with Crippen molar-refractivity contribution in [2.75, 3.05) is 5.75 Å². The van der Waals surface area contributed by atoms with Crippen LogP contribution in [0.25, 0.3) is 0 Å². The van der Waals surface area contributed by atoms with Crippen LogP contribution in [0, 0.1) is 0 Å². The van der Waals surface area contributed by atoms with Gasteiger partial charge in [-0.1, -0.05) is 12.0 Å². The first-order chi connectivity index (χ1) is 12.2. The summed E-state index contributed by atoms with van der Waals surface area (Å²) >= 11 is 1.93. The third-order valence-corrected chi connectivity index (χ3v) is 6.13. The average Bonchev–Trinajstić information content (AvgIpc) is 3.37. The summed E-state index contributed by atoms with van der Waals surface area (Å²) in [5.41, 5.74) is 0.826. The number of Topliss-reactive ketones (excluding diaryl/α,β-unsaturated/α-hetero) is 1. The van der Waals surface area contributed by atoms with Gasteiger partial charge in [0, 0.05) is 30.5 Å². The molecular formula is C20H24N2O2RuS-6. The molecule has 2 heterocycles. The summed E-state index contributed by atoms with van der Waals surface area (Å²) < 4.78 is 0. The quantitative estimate of drug-likeness (QED) is 0.229. The molecule has 0 radical (unpaired) electrons. The maximum absolute atomic E-state index is 11.9. The Morgan fingerprint density at radius 2 is 1.77 bits per heavy atom. The first-order valence-electron chi connectivity index (χ1n) is 8.84. The molecule has 2 aliphatic heterocycles. The number of urea groups is 1. The molecule has 2 saturated heterocycles. The fourth-order valence-corrected chi connectivity index (χ4v) is 4.84. The molecule has 3 atom stereocenters. The van der Waals surface area contributed by atoms with Crippen LogP contribution < -0.4 is 10.6 Å². The molecule has 0 bridgehead atoms. The van der Waals surface area contributed by atoms with Crippen LogP contribution >= 0.6 is 11.8 Å². The molecule has 26 heavy (non-hydrogen) atoms. The van der Waals surface area contributed by atoms with Gasteiger partial charge < -0.3 is 45.8 Å². The molecule has 0 spiro atoms. The van der Waals surface area contributed by atoms with Gasteiger partial charge in [0.15, 0.2) is 0 Å². The van der Waals surface area contributed by atoms with E-state index in [1.54, 1.807) is 0 Å². The third kappa shape index (κ3) is 5.82. The first-order valence-corrected chi connectivity index (χ1v) is 9.89. The minimum atomic E-state index is -0.0308. The van der Waals surface area contributed by atoms with Crippen molar-refractivity contribution in [1.29, 1.82) is 0 Å². The van der Waals surface area contributed by atoms with Crippen LogP contribution in [0.2, 0.25) is 0 Å². The van der Waals surface area contributed by atoms with Gasteiger partial charge in [-0.05, 0) is 19.3 Å². The molecule has 6 heteroatoms. The SMILES string of the molecule is O=C1N[C@H]2[C@H](CS[C@H]2CCCCC(=O)[c-]2cccc2)N1.[Ru].[cH-]1[cH-][cH-][cH-][cH-]1. The summed E-state index contributed by atoms with van der Waals surface area (Å²) in [5, 5.41) is 6.44. The van der Waals surface area contributed by atoms with E-state index in [-0.39, 0.29) is 37.3 Å². The van der Waals surface area contributed by atoms with E-state index >= 15 is 0 Å². The maximum atomic E-state index is 11.9. The molecule has 0 aromatic heterocycles. The van der Waals surface area contributed by atoms with Crippen LogP contribution in [0.15, 0.2) is 54.6 Å². The largest absolute Gasteiger partial charge is 0.748 e. The summed E-state index contributed by atoms with van der Waals surface area (Å²) in [4.78, 5) is 23.1. The van der Waals surface area contributed by atoms with E-state index in [1.807, 2.05) is 66.4 Å². The van der Waals surface area contributed by atoms with Gasteiger partial charge in [-0.2, -0.15) is 23.9 Å². The first kappa shape index (κ1) is 20.9. The Morgan fingerprint density at radius 3 is 2.42 bits per heavy atom. The second-order valence-corrected chi connectivity index (χ2v) is 7.70. The van der Waals surface area contributed by atoms with E-state index in [9.17, 15) is 9.59 Å². The van der Waals surface area contributed by atoms with Crippen molar-refractivity contribution >= 4 is 23.6 Å². The molecule has 2 fully saturated rings. The zero-order chi connectivity index (χ0) is 17.5. The third-order valence-electron chi connectivity index (χ3n) is 4.62. The molecule has 0 unspecified atom stereocenters. The molecule has 2 amide bonds. The second kappa shape index (κ2) is 10.7. The number of nitrogens with one attached hydrogen (secondary N) is 2. The maximum Gasteiger partial charge on any atom is 0.315 e. The van der Waals surface area contributed by atoms with Gasteiger partial charge in [0.25, 0.3) is 0 Å². The average molecular weight is 458 g/mol. The van der Waals surface area contributed by atoms with Gasteiger partial charge in [-0.3, -0.25) is 0 Å². The molecule has 2 aromatic carbocycles. The molecule has 146 valence electrons. The van der Waals surface area contributed by atoms with Crippen molar-refractivity contribution < 1.29 is 29.1 Å². The molecule has 2 aromatic rings. The molecule has 2 N–H and O–H groups in total. The van der Waals surface area contributed by atoms with Crippen LogP contribution in [0.5, 0.6) is 0 Å². The summed E-state index contributed by atoms with van der Waals surface area (Å²) in [6.45, 7) is 0. The van der Waals surface area contributed by atoms with Gasteiger partial charge in [-0.25, -0.2) is 16.9 Å². The van der Waals surface area contributed by atoms with E-state index in [4.69, 9.17) is 0 Å². The van der Waals surface area contributed by atoms with E-state index in [2.05, 4.69) is 10.6 Å². The number of ketones is 1. The number of amides is 2. The van der Waals surface area contributed by atoms with Gasteiger partial charge in [0.05, 0.1) is 12.1 Å². The van der Waals surface area contributed by atoms with E-state index in [0.29, 0.717) is 17.7 Å². The molecule has 2 aliphatic rings. The normalized spacial score (nSPS) is 23.1. The Morgan fingerprint density at radius 1 is 1.12 bits per heavy atom. The Kier molecular flexibility index (Phi) is 8.60. The smallest absolute Gasteiger partial charge is 0.315 e. The summed E-state index contributed by atoms with van der Waals surface area (Å²) in [5.74, 6) is 1.24. The van der Waals surface area contributed by atoms with Crippen LogP contribution in [-0.4, -0.2) is 34.9 Å². The van der Waals surface area contributed by atoms with Gasteiger partial charge in [-0.15, -0.1) is 0 Å². The number of hydrogen-bond acceptors (Lipinski definition) is 3. The Hall–Kier alpha value is -1.39. The van der Waals surface area contributed by atoms with Gasteiger partial charge in [0.1, 0.15) is 5.78 Å². The van der Waals surface area contributed by atoms with Gasteiger partial charge >= 0.3 is 6.03 Å². The number of rotatable bonds is 6. The summed E-state index contributed by atoms with van der Waals surface area (Å²) in [7, 11) is 0. The number of carbonyl (C=O) groups is 2. The van der Waals surface area contributed by atoms with Crippen molar-refractivity contribution in [1.82, 2.24) is 10.6 Å². The monoisotopic (exact) mass is 458 g/mol. The van der Waals surface area contributed by atoms with E-state index in [1.165, 1.54) is 0 Å². The minimum Gasteiger partial charge on any atom is -0.748 e. The Balaban J connectivity index is 0.000000351. The summed E-state index contributed by atoms with van der Waals surface area (Å²) in [6, 6.07) is 18.1. The number of carbonyl (C=O) groups excluding carboxylic acids is 2. The van der Waals surface area contributed by atoms with Crippen molar-refractivity contribution in [3.8, 4) is 0 Å². The molecular weight excluding hydrogens is 433 g/mol. The number of unbranched alkanes of at least 4 members (excludes halogenated alkanes) is 1. The van der Waals surface area contributed by atoms with Crippen LogP contribution in [0.1, 0.15) is 36.0 Å². The molecule has 0 saturated carbocycles. The predicted octanol–water partition coefficient (Wildman–Crippen LogP) is 3.72. The topological polar surface area (TPSA) is 58.2 Å². The van der Waals surface area contributed by atoms with Crippen molar-refractivity contribution in [3.63, 3.8) is 0 Å². The van der Waals surface area contributed by atoms with Crippen LogP contribution in [0.4, 0.5) is 4.79 Å². The van der Waals surface area contributed by atoms with Crippen LogP contribution in [-0.2, 0) is 19.5 Å². The van der Waals surface area contributed by atoms with Crippen molar-refractivity contribution in [2.24, 2.45) is 0 Å². The Labute approximate surface area is 172 Å². The Bertz CT molecular complexity index is 640. The van der Waals surface area contributed by atoms with Crippen LogP contribution in [0.3, 0.4) is 0 Å². The standard InChI is InChI=1S/C15H19N2O2S.C5H5.Ru/c18-12(10-5-1-2-6-10)7-3-4-8-13-14-11(9-20-13)16-15(19)17-14;1-2-4-5-3-1;/h1-2,5-6,11,13-14H,3-4,7-9H2,(H2,16,17,19);1-5H;/q-1;-5;/t11-,13-,14-;;/m0../s1. The zero-order valence-corrected chi connectivity index (χ0v) is 17.1. The van der Waals surface area contributed by atoms with Gasteiger partial charge in [0.2, 0.25) is 0 Å². The van der Waals surface area contributed by atoms with Crippen molar-refractivity contribution in [3.05, 3.63) is 60.2 Å². The van der Waals surface area contributed by atoms with E-state index in [0.717, 1.165) is 30.6 Å². The fraction of sp³-hybridized carbons (Fsp3) is 0.400. The fourth-order valence-electron chi connectivity index (χ4n) is 3.30. The number of thioether (sulfide) groups is 1. The van der Waals surface area contributed by atoms with E-state index < -0.39 is 0 Å². The number of hydrogen-bond donors (Lipinski definition) is 2.